The molecule has 6 nitrogen and oxygen atoms in total. The summed E-state index contributed by atoms with van der Waals surface area (Å²) >= 11 is 0. The number of hydrogen-bond donors (Lipinski definition) is 1. The van der Waals surface area contributed by atoms with E-state index in [-0.39, 0.29) is 12.3 Å². The molecule has 1 aromatic rings. The van der Waals surface area contributed by atoms with Gasteiger partial charge in [-0.15, -0.1) is 0 Å². The van der Waals surface area contributed by atoms with Gasteiger partial charge in [0, 0.05) is 12.7 Å². The summed E-state index contributed by atoms with van der Waals surface area (Å²) in [4.78, 5) is 10.7. The van der Waals surface area contributed by atoms with Gasteiger partial charge in [-0.3, -0.25) is 0 Å². The molecule has 0 saturated heterocycles. The minimum atomic E-state index is -4.84. The minimum absolute atomic E-state index is 0.0755. The normalized spacial score (nSPS) is 13.9. The van der Waals surface area contributed by atoms with Crippen LogP contribution in [-0.4, -0.2) is 37.8 Å². The maximum atomic E-state index is 14.3. The Labute approximate surface area is 130 Å². The van der Waals surface area contributed by atoms with Crippen molar-refractivity contribution in [3.63, 3.8) is 0 Å². The Bertz CT molecular complexity index is 710. The van der Waals surface area contributed by atoms with E-state index in [2.05, 4.69) is 4.74 Å². The van der Waals surface area contributed by atoms with Crippen molar-refractivity contribution in [1.29, 1.82) is 0 Å². The summed E-state index contributed by atoms with van der Waals surface area (Å²) in [6.45, 7) is 3.14. The van der Waals surface area contributed by atoms with E-state index >= 15 is 0 Å². The molecule has 0 aliphatic rings. The number of nitrogens with one attached hydrogen (secondary N) is 1. The zero-order valence-electron chi connectivity index (χ0n) is 12.8. The molecule has 1 aromatic heterocycles. The first-order valence-corrected chi connectivity index (χ1v) is 7.93. The summed E-state index contributed by atoms with van der Waals surface area (Å²) in [5.74, 6) is -2.56. The number of sulfonamides is 1. The average molecular weight is 360 g/mol. The van der Waals surface area contributed by atoms with Crippen LogP contribution < -0.4 is 4.72 Å². The lowest BCUT2D eigenvalue weighted by molar-refractivity contribution is -0.147. The highest BCUT2D eigenvalue weighted by Gasteiger charge is 2.41. The van der Waals surface area contributed by atoms with Crippen LogP contribution in [0, 0.1) is 12.7 Å². The number of carbonyl (C=O) groups is 1. The zero-order chi connectivity index (χ0) is 18.2. The molecule has 0 aromatic carbocycles. The molecule has 1 atom stereocenters. The van der Waals surface area contributed by atoms with E-state index in [9.17, 15) is 30.8 Å². The number of ether oxygens (including phenoxy) is 1. The standard InChI is InChI=1S/C12H16F4N2O4S/c1-5-22-11(19)9-8(13)10(6(2)18(9)4)23(20,21)17-7(3)12(14,15)16/h7,17H,5H2,1-4H3/t7-/m1/s1. The van der Waals surface area contributed by atoms with Crippen LogP contribution in [0.15, 0.2) is 4.90 Å². The fourth-order valence-electron chi connectivity index (χ4n) is 1.83. The van der Waals surface area contributed by atoms with Crippen molar-refractivity contribution in [3.8, 4) is 0 Å². The minimum Gasteiger partial charge on any atom is -0.461 e. The predicted molar refractivity (Wildman–Crippen MR) is 71.9 cm³/mol. The second kappa shape index (κ2) is 6.48. The molecule has 0 radical (unpaired) electrons. The third kappa shape index (κ3) is 3.83. The quantitative estimate of drug-likeness (QED) is 0.642. The van der Waals surface area contributed by atoms with Gasteiger partial charge in [-0.1, -0.05) is 0 Å². The van der Waals surface area contributed by atoms with Crippen molar-refractivity contribution in [2.24, 2.45) is 7.05 Å². The smallest absolute Gasteiger partial charge is 0.404 e. The van der Waals surface area contributed by atoms with Crippen LogP contribution in [0.5, 0.6) is 0 Å². The lowest BCUT2D eigenvalue weighted by Crippen LogP contribution is -2.43. The lowest BCUT2D eigenvalue weighted by atomic mass is 10.4. The van der Waals surface area contributed by atoms with Crippen molar-refractivity contribution in [1.82, 2.24) is 9.29 Å². The molecule has 1 heterocycles. The van der Waals surface area contributed by atoms with E-state index in [1.807, 2.05) is 0 Å². The summed E-state index contributed by atoms with van der Waals surface area (Å²) in [5, 5.41) is 0. The Morgan fingerprint density at radius 1 is 1.39 bits per heavy atom. The first-order chi connectivity index (χ1) is 10.3. The van der Waals surface area contributed by atoms with Crippen LogP contribution in [0.3, 0.4) is 0 Å². The Balaban J connectivity index is 3.39. The van der Waals surface area contributed by atoms with Gasteiger partial charge in [-0.2, -0.15) is 17.9 Å². The van der Waals surface area contributed by atoms with Crippen molar-refractivity contribution < 1.29 is 35.5 Å². The molecule has 0 amide bonds. The summed E-state index contributed by atoms with van der Waals surface area (Å²) in [7, 11) is -3.62. The van der Waals surface area contributed by atoms with Gasteiger partial charge in [0.2, 0.25) is 10.0 Å². The van der Waals surface area contributed by atoms with Crippen molar-refractivity contribution in [2.75, 3.05) is 6.61 Å². The molecular weight excluding hydrogens is 344 g/mol. The molecule has 0 fully saturated rings. The summed E-state index contributed by atoms with van der Waals surface area (Å²) in [5.41, 5.74) is -0.906. The largest absolute Gasteiger partial charge is 0.461 e. The van der Waals surface area contributed by atoms with Gasteiger partial charge in [-0.25, -0.2) is 17.6 Å². The monoisotopic (exact) mass is 360 g/mol. The average Bonchev–Trinajstić information content (AvgIpc) is 2.59. The van der Waals surface area contributed by atoms with Gasteiger partial charge in [0.1, 0.15) is 10.9 Å². The highest BCUT2D eigenvalue weighted by Crippen LogP contribution is 2.27. The van der Waals surface area contributed by atoms with Crippen LogP contribution >= 0.6 is 0 Å². The van der Waals surface area contributed by atoms with E-state index in [1.165, 1.54) is 25.6 Å². The van der Waals surface area contributed by atoms with Crippen LogP contribution in [-0.2, 0) is 21.8 Å². The maximum absolute atomic E-state index is 14.3. The molecule has 1 rings (SSSR count). The number of rotatable bonds is 5. The van der Waals surface area contributed by atoms with E-state index in [0.717, 1.165) is 4.57 Å². The highest BCUT2D eigenvalue weighted by molar-refractivity contribution is 7.89. The second-order valence-corrected chi connectivity index (χ2v) is 6.39. The third-order valence-corrected chi connectivity index (χ3v) is 4.81. The lowest BCUT2D eigenvalue weighted by Gasteiger charge is -2.17. The van der Waals surface area contributed by atoms with E-state index in [4.69, 9.17) is 0 Å². The molecule has 23 heavy (non-hydrogen) atoms. The topological polar surface area (TPSA) is 77.4 Å². The summed E-state index contributed by atoms with van der Waals surface area (Å²) < 4.78 is 82.9. The fourth-order valence-corrected chi connectivity index (χ4v) is 3.41. The molecule has 1 N–H and O–H groups in total. The Morgan fingerprint density at radius 2 is 1.91 bits per heavy atom. The molecule has 0 aliphatic heterocycles. The van der Waals surface area contributed by atoms with Gasteiger partial charge in [0.15, 0.2) is 11.5 Å². The molecule has 0 aliphatic carbocycles. The van der Waals surface area contributed by atoms with E-state index < -0.39 is 44.6 Å². The number of alkyl halides is 3. The third-order valence-electron chi connectivity index (χ3n) is 3.13. The van der Waals surface area contributed by atoms with Gasteiger partial charge in [0.05, 0.1) is 6.61 Å². The van der Waals surface area contributed by atoms with Crippen LogP contribution in [0.4, 0.5) is 17.6 Å². The number of hydrogen-bond acceptors (Lipinski definition) is 4. The Hall–Kier alpha value is -1.62. The van der Waals surface area contributed by atoms with E-state index in [0.29, 0.717) is 6.92 Å². The second-order valence-electron chi connectivity index (χ2n) is 4.74. The van der Waals surface area contributed by atoms with Crippen molar-refractivity contribution in [3.05, 3.63) is 17.2 Å². The molecule has 0 spiro atoms. The van der Waals surface area contributed by atoms with Gasteiger partial charge in [0.25, 0.3) is 0 Å². The maximum Gasteiger partial charge on any atom is 0.404 e. The predicted octanol–water partition coefficient (Wildman–Crippen LogP) is 1.88. The van der Waals surface area contributed by atoms with Crippen LogP contribution in [0.1, 0.15) is 30.0 Å². The number of esters is 1. The SMILES string of the molecule is CCOC(=O)c1c(F)c(S(=O)(=O)N[C@H](C)C(F)(F)F)c(C)n1C. The summed E-state index contributed by atoms with van der Waals surface area (Å²) in [6, 6.07) is -2.42. The molecule has 0 unspecified atom stereocenters. The molecule has 0 bridgehead atoms. The number of carbonyl (C=O) groups excluding carboxylic acids is 1. The molecular formula is C12H16F4N2O4S. The molecule has 0 saturated carbocycles. The van der Waals surface area contributed by atoms with E-state index in [1.54, 1.807) is 0 Å². The van der Waals surface area contributed by atoms with Crippen LogP contribution in [0.25, 0.3) is 0 Å². The van der Waals surface area contributed by atoms with Crippen molar-refractivity contribution >= 4 is 16.0 Å². The number of halogens is 4. The Morgan fingerprint density at radius 3 is 2.35 bits per heavy atom. The van der Waals surface area contributed by atoms with Gasteiger partial charge in [-0.05, 0) is 20.8 Å². The molecule has 132 valence electrons. The Kier molecular flexibility index (Phi) is 5.47. The first kappa shape index (κ1) is 19.4. The zero-order valence-corrected chi connectivity index (χ0v) is 13.6. The highest BCUT2D eigenvalue weighted by atomic mass is 32.2. The summed E-state index contributed by atoms with van der Waals surface area (Å²) in [6.07, 6.45) is -4.84. The first-order valence-electron chi connectivity index (χ1n) is 6.45. The van der Waals surface area contributed by atoms with Crippen molar-refractivity contribution in [2.45, 2.75) is 37.9 Å². The number of aromatic nitrogens is 1. The fraction of sp³-hybridized carbons (Fsp3) is 0.583. The number of nitrogens with zero attached hydrogens (tertiary/aromatic N) is 1. The van der Waals surface area contributed by atoms with Crippen LogP contribution in [0.2, 0.25) is 0 Å². The van der Waals surface area contributed by atoms with Gasteiger partial charge < -0.3 is 9.30 Å². The van der Waals surface area contributed by atoms with Gasteiger partial charge >= 0.3 is 12.1 Å². The molecule has 11 heteroatoms.